The molecule has 0 N–H and O–H groups in total. The molecule has 1 heterocycles. The van der Waals surface area contributed by atoms with Gasteiger partial charge in [0.15, 0.2) is 11.4 Å². The molecule has 110 valence electrons. The van der Waals surface area contributed by atoms with E-state index in [9.17, 15) is 4.79 Å². The Hall–Kier alpha value is -0.840. The molecule has 0 unspecified atom stereocenters. The van der Waals surface area contributed by atoms with Crippen molar-refractivity contribution in [3.63, 3.8) is 0 Å². The Morgan fingerprint density at radius 2 is 2.00 bits per heavy atom. The van der Waals surface area contributed by atoms with Crippen LogP contribution in [-0.2, 0) is 20.7 Å². The normalized spacial score (nSPS) is 17.2. The van der Waals surface area contributed by atoms with E-state index in [1.54, 1.807) is 0 Å². The van der Waals surface area contributed by atoms with Gasteiger partial charge in [-0.1, -0.05) is 49.0 Å². The van der Waals surface area contributed by atoms with E-state index in [0.717, 1.165) is 18.6 Å². The molecule has 0 aliphatic carbocycles. The van der Waals surface area contributed by atoms with E-state index in [1.807, 2.05) is 25.1 Å². The summed E-state index contributed by atoms with van der Waals surface area (Å²) in [5.41, 5.74) is 1.27. The van der Waals surface area contributed by atoms with Gasteiger partial charge in [-0.25, -0.2) is 0 Å². The zero-order chi connectivity index (χ0) is 14.2. The average molecular weight is 294 g/mol. The van der Waals surface area contributed by atoms with Gasteiger partial charge in [-0.3, -0.25) is 4.79 Å². The molecule has 2 rings (SSSR count). The van der Waals surface area contributed by atoms with E-state index in [2.05, 4.69) is 12.1 Å². The van der Waals surface area contributed by atoms with Crippen LogP contribution in [0.1, 0.15) is 25.3 Å². The van der Waals surface area contributed by atoms with Crippen LogP contribution in [0, 0.1) is 5.92 Å². The van der Waals surface area contributed by atoms with Crippen molar-refractivity contribution in [1.29, 1.82) is 0 Å². The molecular weight excluding hydrogens is 272 g/mol. The molecular formula is C16H22O3S. The fourth-order valence-electron chi connectivity index (χ4n) is 2.44. The lowest BCUT2D eigenvalue weighted by atomic mass is 9.94. The second kappa shape index (κ2) is 8.45. The summed E-state index contributed by atoms with van der Waals surface area (Å²) in [6.07, 6.45) is 2.16. The fraction of sp³-hybridized carbons (Fsp3) is 0.562. The number of benzene rings is 1. The van der Waals surface area contributed by atoms with Crippen LogP contribution in [-0.4, -0.2) is 30.4 Å². The maximum atomic E-state index is 11.7. The minimum atomic E-state index is -0.158. The Morgan fingerprint density at radius 3 is 2.65 bits per heavy atom. The van der Waals surface area contributed by atoms with Crippen LogP contribution in [0.3, 0.4) is 0 Å². The van der Waals surface area contributed by atoms with Crippen molar-refractivity contribution in [2.24, 2.45) is 5.92 Å². The highest BCUT2D eigenvalue weighted by molar-refractivity contribution is 8.13. The SMILES string of the molecule is CCSC(=O)CC[C@H](Cc1ccccc1)C1OCCO1. The summed E-state index contributed by atoms with van der Waals surface area (Å²) in [7, 11) is 0. The van der Waals surface area contributed by atoms with Gasteiger partial charge in [0.2, 0.25) is 0 Å². The van der Waals surface area contributed by atoms with Crippen molar-refractivity contribution in [2.45, 2.75) is 32.5 Å². The van der Waals surface area contributed by atoms with Gasteiger partial charge in [-0.05, 0) is 24.2 Å². The van der Waals surface area contributed by atoms with Crippen LogP contribution in [0.2, 0.25) is 0 Å². The first-order valence-corrected chi connectivity index (χ1v) is 8.21. The van der Waals surface area contributed by atoms with Gasteiger partial charge in [-0.2, -0.15) is 0 Å². The van der Waals surface area contributed by atoms with Crippen molar-refractivity contribution in [3.05, 3.63) is 35.9 Å². The molecule has 1 aliphatic heterocycles. The van der Waals surface area contributed by atoms with Crippen LogP contribution in [0.25, 0.3) is 0 Å². The van der Waals surface area contributed by atoms with E-state index in [4.69, 9.17) is 9.47 Å². The smallest absolute Gasteiger partial charge is 0.188 e. The Morgan fingerprint density at radius 1 is 1.30 bits per heavy atom. The molecule has 0 saturated carbocycles. The van der Waals surface area contributed by atoms with Gasteiger partial charge in [0.25, 0.3) is 0 Å². The molecule has 1 aromatic rings. The highest BCUT2D eigenvalue weighted by Gasteiger charge is 2.27. The van der Waals surface area contributed by atoms with Gasteiger partial charge < -0.3 is 9.47 Å². The topological polar surface area (TPSA) is 35.5 Å². The van der Waals surface area contributed by atoms with Crippen molar-refractivity contribution < 1.29 is 14.3 Å². The molecule has 4 heteroatoms. The molecule has 0 aromatic heterocycles. The van der Waals surface area contributed by atoms with Crippen LogP contribution in [0.4, 0.5) is 0 Å². The highest BCUT2D eigenvalue weighted by Crippen LogP contribution is 2.25. The number of rotatable bonds is 7. The minimum Gasteiger partial charge on any atom is -0.350 e. The molecule has 20 heavy (non-hydrogen) atoms. The zero-order valence-electron chi connectivity index (χ0n) is 11.9. The van der Waals surface area contributed by atoms with Crippen LogP contribution < -0.4 is 0 Å². The molecule has 1 atom stereocenters. The Kier molecular flexibility index (Phi) is 6.57. The summed E-state index contributed by atoms with van der Waals surface area (Å²) in [5.74, 6) is 1.10. The van der Waals surface area contributed by atoms with Gasteiger partial charge in [0, 0.05) is 12.3 Å². The van der Waals surface area contributed by atoms with Crippen LogP contribution in [0.15, 0.2) is 30.3 Å². The molecule has 1 saturated heterocycles. The lowest BCUT2D eigenvalue weighted by molar-refractivity contribution is -0.113. The summed E-state index contributed by atoms with van der Waals surface area (Å²) >= 11 is 1.40. The molecule has 0 spiro atoms. The van der Waals surface area contributed by atoms with Crippen molar-refractivity contribution in [3.8, 4) is 0 Å². The lowest BCUT2D eigenvalue weighted by Crippen LogP contribution is -2.24. The standard InChI is InChI=1S/C16H22O3S/c1-2-20-15(17)9-8-14(16-18-10-11-19-16)12-13-6-4-3-5-7-13/h3-7,14,16H,2,8-12H2,1H3/t14-/m1/s1. The third kappa shape index (κ3) is 4.93. The summed E-state index contributed by atoms with van der Waals surface area (Å²) < 4.78 is 11.3. The minimum absolute atomic E-state index is 0.158. The molecule has 0 bridgehead atoms. The number of hydrogen-bond acceptors (Lipinski definition) is 4. The number of carbonyl (C=O) groups is 1. The number of hydrogen-bond donors (Lipinski definition) is 0. The van der Waals surface area contributed by atoms with Gasteiger partial charge in [0.1, 0.15) is 0 Å². The summed E-state index contributed by atoms with van der Waals surface area (Å²) in [5, 5.41) is 0.267. The van der Waals surface area contributed by atoms with Crippen LogP contribution >= 0.6 is 11.8 Å². The van der Waals surface area contributed by atoms with E-state index < -0.39 is 0 Å². The number of carbonyl (C=O) groups excluding carboxylic acids is 1. The second-order valence-electron chi connectivity index (χ2n) is 4.90. The van der Waals surface area contributed by atoms with Crippen molar-refractivity contribution in [2.75, 3.05) is 19.0 Å². The number of thioether (sulfide) groups is 1. The Balaban J connectivity index is 1.92. The predicted molar refractivity (Wildman–Crippen MR) is 81.7 cm³/mol. The first-order chi connectivity index (χ1) is 9.79. The van der Waals surface area contributed by atoms with E-state index in [1.165, 1.54) is 17.3 Å². The highest BCUT2D eigenvalue weighted by atomic mass is 32.2. The molecule has 1 aromatic carbocycles. The monoisotopic (exact) mass is 294 g/mol. The van der Waals surface area contributed by atoms with E-state index in [0.29, 0.717) is 19.6 Å². The maximum Gasteiger partial charge on any atom is 0.188 e. The fourth-order valence-corrected chi connectivity index (χ4v) is 3.02. The Labute approximate surface area is 125 Å². The molecule has 3 nitrogen and oxygen atoms in total. The predicted octanol–water partition coefficient (Wildman–Crippen LogP) is 3.28. The van der Waals surface area contributed by atoms with Crippen LogP contribution in [0.5, 0.6) is 0 Å². The summed E-state index contributed by atoms with van der Waals surface area (Å²) in [6, 6.07) is 10.3. The van der Waals surface area contributed by atoms with Gasteiger partial charge in [-0.15, -0.1) is 0 Å². The third-order valence-electron chi connectivity index (χ3n) is 3.40. The van der Waals surface area contributed by atoms with Gasteiger partial charge in [0.05, 0.1) is 13.2 Å². The molecule has 0 amide bonds. The Bertz CT molecular complexity index is 401. The first kappa shape index (κ1) is 15.5. The molecule has 1 fully saturated rings. The average Bonchev–Trinajstić information content (AvgIpc) is 2.99. The third-order valence-corrected chi connectivity index (χ3v) is 4.21. The van der Waals surface area contributed by atoms with Gasteiger partial charge >= 0.3 is 0 Å². The molecule has 1 aliphatic rings. The number of ether oxygens (including phenoxy) is 2. The largest absolute Gasteiger partial charge is 0.350 e. The molecule has 0 radical (unpaired) electrons. The van der Waals surface area contributed by atoms with Crippen molar-refractivity contribution >= 4 is 16.9 Å². The summed E-state index contributed by atoms with van der Waals surface area (Å²) in [4.78, 5) is 11.7. The zero-order valence-corrected chi connectivity index (χ0v) is 12.7. The maximum absolute atomic E-state index is 11.7. The second-order valence-corrected chi connectivity index (χ2v) is 6.22. The van der Waals surface area contributed by atoms with E-state index in [-0.39, 0.29) is 17.3 Å². The quantitative estimate of drug-likeness (QED) is 0.773. The lowest BCUT2D eigenvalue weighted by Gasteiger charge is -2.22. The first-order valence-electron chi connectivity index (χ1n) is 7.22. The summed E-state index contributed by atoms with van der Waals surface area (Å²) in [6.45, 7) is 3.33. The van der Waals surface area contributed by atoms with Crippen molar-refractivity contribution in [1.82, 2.24) is 0 Å². The van der Waals surface area contributed by atoms with E-state index >= 15 is 0 Å².